The monoisotopic (exact) mass is 568 g/mol. The van der Waals surface area contributed by atoms with E-state index in [1.54, 1.807) is 12.1 Å². The molecule has 0 amide bonds. The van der Waals surface area contributed by atoms with Gasteiger partial charge in [-0.15, -0.1) is 0 Å². The van der Waals surface area contributed by atoms with E-state index in [1.165, 1.54) is 29.8 Å². The van der Waals surface area contributed by atoms with Crippen molar-refractivity contribution in [3.05, 3.63) is 83.6 Å². The number of nitrogens with zero attached hydrogens (tertiary/aromatic N) is 1. The van der Waals surface area contributed by atoms with Crippen LogP contribution >= 0.6 is 0 Å². The van der Waals surface area contributed by atoms with Crippen molar-refractivity contribution < 1.29 is 32.6 Å². The van der Waals surface area contributed by atoms with Crippen LogP contribution in [0.5, 0.6) is 5.75 Å². The van der Waals surface area contributed by atoms with Gasteiger partial charge in [0.1, 0.15) is 17.2 Å². The van der Waals surface area contributed by atoms with E-state index in [4.69, 9.17) is 14.6 Å². The molecule has 0 aliphatic rings. The third-order valence-corrected chi connectivity index (χ3v) is 7.20. The van der Waals surface area contributed by atoms with E-state index in [2.05, 4.69) is 34.0 Å². The molecule has 0 aliphatic carbocycles. The zero-order valence-electron chi connectivity index (χ0n) is 23.1. The van der Waals surface area contributed by atoms with Gasteiger partial charge in [-0.25, -0.2) is 18.2 Å². The van der Waals surface area contributed by atoms with E-state index < -0.39 is 21.6 Å². The molecule has 2 aromatic carbocycles. The van der Waals surface area contributed by atoms with Gasteiger partial charge < -0.3 is 14.6 Å². The third kappa shape index (κ3) is 10.3. The van der Waals surface area contributed by atoms with Gasteiger partial charge in [0.25, 0.3) is 10.0 Å². The van der Waals surface area contributed by atoms with Crippen LogP contribution in [0.15, 0.2) is 71.8 Å². The number of rotatable bonds is 14. The Hall–Kier alpha value is -3.92. The molecule has 10 heteroatoms. The summed E-state index contributed by atoms with van der Waals surface area (Å²) in [5.74, 6) is -0.716. The first kappa shape index (κ1) is 30.6. The van der Waals surface area contributed by atoms with Gasteiger partial charge >= 0.3 is 11.9 Å². The molecule has 214 valence electrons. The number of carboxylic acids is 1. The fourth-order valence-corrected chi connectivity index (χ4v) is 4.83. The van der Waals surface area contributed by atoms with Crippen molar-refractivity contribution in [2.75, 3.05) is 11.3 Å². The summed E-state index contributed by atoms with van der Waals surface area (Å²) < 4.78 is 38.6. The number of ether oxygens (including phenoxy) is 2. The number of aryl methyl sites for hydroxylation is 1. The normalized spacial score (nSPS) is 11.6. The van der Waals surface area contributed by atoms with Crippen molar-refractivity contribution in [1.82, 2.24) is 4.98 Å². The van der Waals surface area contributed by atoms with Crippen molar-refractivity contribution in [3.8, 4) is 5.75 Å². The van der Waals surface area contributed by atoms with Crippen LogP contribution in [0.3, 0.4) is 0 Å². The number of carbonyl (C=O) groups excluding carboxylic acids is 1. The molecule has 0 unspecified atom stereocenters. The molecule has 0 aliphatic heterocycles. The lowest BCUT2D eigenvalue weighted by molar-refractivity contribution is -0.154. The standard InChI is InChI=1S/C30H36N2O7S/c1-30(2,3)39-28(33)8-6-4-5-7-22-9-11-23(12-10-22)19-20-38-25-14-16-26(17-15-25)40(36,37)32-27-18-13-24(21-31-27)29(34)35/h9-18,21H,4-8,19-20H2,1-3H3,(H,31,32)(H,34,35). The van der Waals surface area contributed by atoms with Gasteiger partial charge in [0, 0.05) is 19.0 Å². The molecule has 1 heterocycles. The second-order valence-electron chi connectivity index (χ2n) is 10.4. The third-order valence-electron chi connectivity index (χ3n) is 5.83. The van der Waals surface area contributed by atoms with Crippen LogP contribution in [0, 0.1) is 0 Å². The highest BCUT2D eigenvalue weighted by Gasteiger charge is 2.16. The summed E-state index contributed by atoms with van der Waals surface area (Å²) in [5, 5.41) is 8.93. The summed E-state index contributed by atoms with van der Waals surface area (Å²) in [6.07, 6.45) is 6.01. The zero-order valence-corrected chi connectivity index (χ0v) is 23.9. The van der Waals surface area contributed by atoms with E-state index in [1.807, 2.05) is 20.8 Å². The Morgan fingerprint density at radius 2 is 1.52 bits per heavy atom. The molecule has 0 atom stereocenters. The number of sulfonamides is 1. The van der Waals surface area contributed by atoms with Crippen LogP contribution in [0.4, 0.5) is 5.82 Å². The maximum Gasteiger partial charge on any atom is 0.337 e. The average molecular weight is 569 g/mol. The van der Waals surface area contributed by atoms with Crippen molar-refractivity contribution in [2.45, 2.75) is 69.8 Å². The van der Waals surface area contributed by atoms with Gasteiger partial charge in [0.15, 0.2) is 0 Å². The van der Waals surface area contributed by atoms with Crippen LogP contribution in [0.1, 0.15) is 67.9 Å². The molecule has 0 fully saturated rings. The number of unbranched alkanes of at least 4 members (excludes halogenated alkanes) is 2. The van der Waals surface area contributed by atoms with Gasteiger partial charge in [-0.05, 0) is 87.6 Å². The molecule has 3 aromatic rings. The lowest BCUT2D eigenvalue weighted by Gasteiger charge is -2.19. The first-order chi connectivity index (χ1) is 18.9. The molecule has 0 saturated carbocycles. The van der Waals surface area contributed by atoms with Crippen LogP contribution in [-0.4, -0.2) is 42.7 Å². The quantitative estimate of drug-likeness (QED) is 0.188. The van der Waals surface area contributed by atoms with Crippen LogP contribution in [-0.2, 0) is 32.4 Å². The SMILES string of the molecule is CC(C)(C)OC(=O)CCCCCc1ccc(CCOc2ccc(S(=O)(=O)Nc3ccc(C(=O)O)cn3)cc2)cc1. The number of pyridine rings is 1. The molecule has 1 aromatic heterocycles. The highest BCUT2D eigenvalue weighted by molar-refractivity contribution is 7.92. The summed E-state index contributed by atoms with van der Waals surface area (Å²) in [6, 6.07) is 17.0. The van der Waals surface area contributed by atoms with E-state index in [-0.39, 0.29) is 22.2 Å². The topological polar surface area (TPSA) is 132 Å². The largest absolute Gasteiger partial charge is 0.493 e. The van der Waals surface area contributed by atoms with Crippen molar-refractivity contribution >= 4 is 27.8 Å². The Kier molecular flexibility index (Phi) is 10.7. The fraction of sp³-hybridized carbons (Fsp3) is 0.367. The number of carbonyl (C=O) groups is 2. The summed E-state index contributed by atoms with van der Waals surface area (Å²) in [4.78, 5) is 26.5. The summed E-state index contributed by atoms with van der Waals surface area (Å²) >= 11 is 0. The Labute approximate surface area is 235 Å². The average Bonchev–Trinajstić information content (AvgIpc) is 2.89. The Balaban J connectivity index is 1.38. The number of aromatic nitrogens is 1. The molecular weight excluding hydrogens is 532 g/mol. The maximum absolute atomic E-state index is 12.6. The van der Waals surface area contributed by atoms with E-state index >= 15 is 0 Å². The number of hydrogen-bond acceptors (Lipinski definition) is 7. The van der Waals surface area contributed by atoms with Gasteiger partial charge in [-0.1, -0.05) is 30.7 Å². The van der Waals surface area contributed by atoms with E-state index in [0.717, 1.165) is 37.4 Å². The molecular formula is C30H36N2O7S. The van der Waals surface area contributed by atoms with Crippen molar-refractivity contribution in [2.24, 2.45) is 0 Å². The van der Waals surface area contributed by atoms with Crippen molar-refractivity contribution in [3.63, 3.8) is 0 Å². The minimum atomic E-state index is -3.89. The minimum absolute atomic E-state index is 0.0227. The number of aromatic carboxylic acids is 1. The molecule has 0 saturated heterocycles. The van der Waals surface area contributed by atoms with E-state index in [0.29, 0.717) is 25.2 Å². The minimum Gasteiger partial charge on any atom is -0.493 e. The van der Waals surface area contributed by atoms with Crippen LogP contribution in [0.25, 0.3) is 0 Å². The van der Waals surface area contributed by atoms with Gasteiger partial charge in [0.2, 0.25) is 0 Å². The molecule has 0 spiro atoms. The number of nitrogens with one attached hydrogen (secondary N) is 1. The number of hydrogen-bond donors (Lipinski definition) is 2. The number of carboxylic acid groups (broad SMARTS) is 1. The molecule has 40 heavy (non-hydrogen) atoms. The molecule has 0 bridgehead atoms. The number of benzene rings is 2. The molecule has 0 radical (unpaired) electrons. The van der Waals surface area contributed by atoms with Gasteiger partial charge in [-0.2, -0.15) is 0 Å². The Bertz CT molecular complexity index is 1360. The first-order valence-corrected chi connectivity index (χ1v) is 14.6. The van der Waals surface area contributed by atoms with E-state index in [9.17, 15) is 18.0 Å². The van der Waals surface area contributed by atoms with Crippen LogP contribution in [0.2, 0.25) is 0 Å². The van der Waals surface area contributed by atoms with Gasteiger partial charge in [-0.3, -0.25) is 9.52 Å². The smallest absolute Gasteiger partial charge is 0.337 e. The lowest BCUT2D eigenvalue weighted by Crippen LogP contribution is -2.23. The first-order valence-electron chi connectivity index (χ1n) is 13.2. The Morgan fingerprint density at radius 3 is 2.10 bits per heavy atom. The Morgan fingerprint density at radius 1 is 0.875 bits per heavy atom. The second kappa shape index (κ2) is 13.9. The van der Waals surface area contributed by atoms with Crippen molar-refractivity contribution in [1.29, 1.82) is 0 Å². The highest BCUT2D eigenvalue weighted by Crippen LogP contribution is 2.19. The summed E-state index contributed by atoms with van der Waals surface area (Å²) in [5.41, 5.74) is 1.92. The fourth-order valence-electron chi connectivity index (χ4n) is 3.82. The van der Waals surface area contributed by atoms with Gasteiger partial charge in [0.05, 0.1) is 17.1 Å². The summed E-state index contributed by atoms with van der Waals surface area (Å²) in [7, 11) is -3.89. The number of anilines is 1. The maximum atomic E-state index is 12.6. The predicted molar refractivity (Wildman–Crippen MR) is 152 cm³/mol. The van der Waals surface area contributed by atoms with Crippen LogP contribution < -0.4 is 9.46 Å². The summed E-state index contributed by atoms with van der Waals surface area (Å²) in [6.45, 7) is 6.06. The molecule has 9 nitrogen and oxygen atoms in total. The zero-order chi connectivity index (χ0) is 29.2. The second-order valence-corrected chi connectivity index (χ2v) is 12.1. The number of esters is 1. The predicted octanol–water partition coefficient (Wildman–Crippen LogP) is 5.65. The lowest BCUT2D eigenvalue weighted by atomic mass is 10.0. The highest BCUT2D eigenvalue weighted by atomic mass is 32.2. The molecule has 3 rings (SSSR count). The molecule has 2 N–H and O–H groups in total.